The molecule has 0 saturated carbocycles. The van der Waals surface area contributed by atoms with Gasteiger partial charge in [0.15, 0.2) is 23.7 Å². The Hall–Kier alpha value is -4.92. The predicted octanol–water partition coefficient (Wildman–Crippen LogP) is 7.20. The summed E-state index contributed by atoms with van der Waals surface area (Å²) in [5.74, 6) is -2.02. The molecule has 0 aliphatic heterocycles. The molecule has 292 valence electrons. The van der Waals surface area contributed by atoms with Crippen molar-refractivity contribution in [3.8, 4) is 22.8 Å². The average molecular weight is 752 g/mol. The van der Waals surface area contributed by atoms with Crippen molar-refractivity contribution < 1.29 is 56.0 Å². The van der Waals surface area contributed by atoms with Crippen LogP contribution in [-0.2, 0) is 26.2 Å². The summed E-state index contributed by atoms with van der Waals surface area (Å²) in [4.78, 5) is 41.7. The monoisotopic (exact) mass is 751 g/mol. The van der Waals surface area contributed by atoms with Crippen molar-refractivity contribution in [3.63, 3.8) is 0 Å². The Kier molecular flexibility index (Phi) is 15.2. The third kappa shape index (κ3) is 12.6. The SMILES string of the molecule is CC.CCOC(=O)COc1ccc(C(=O)NCC(O)(Cc2cc(C(C)(C)NC(=O)OC(C)(C)C)cc(-c3ccc(F)c(C)c3)n2)C(F)(F)F)cc1OC. The Labute approximate surface area is 307 Å². The second-order valence-corrected chi connectivity index (χ2v) is 13.3. The second kappa shape index (κ2) is 18.2. The highest BCUT2D eigenvalue weighted by atomic mass is 19.4. The quantitative estimate of drug-likeness (QED) is 0.122. The van der Waals surface area contributed by atoms with Gasteiger partial charge in [0.2, 0.25) is 0 Å². The van der Waals surface area contributed by atoms with Crippen LogP contribution in [0.3, 0.4) is 0 Å². The summed E-state index contributed by atoms with van der Waals surface area (Å²) in [6.07, 6.45) is -7.14. The van der Waals surface area contributed by atoms with Gasteiger partial charge in [-0.15, -0.1) is 0 Å². The van der Waals surface area contributed by atoms with E-state index < -0.39 is 66.3 Å². The number of methoxy groups -OCH3 is 1. The number of nitrogens with one attached hydrogen (secondary N) is 2. The van der Waals surface area contributed by atoms with Crippen LogP contribution in [0.15, 0.2) is 48.5 Å². The molecule has 11 nitrogen and oxygen atoms in total. The second-order valence-electron chi connectivity index (χ2n) is 13.3. The Bertz CT molecular complexity index is 1740. The minimum absolute atomic E-state index is 0.0187. The number of alkyl halides is 3. The largest absolute Gasteiger partial charge is 0.493 e. The first kappa shape index (κ1) is 44.2. The van der Waals surface area contributed by atoms with E-state index in [2.05, 4.69) is 15.6 Å². The van der Waals surface area contributed by atoms with E-state index in [1.807, 2.05) is 13.8 Å². The number of nitrogens with zero attached hydrogens (tertiary/aromatic N) is 1. The molecule has 15 heteroatoms. The van der Waals surface area contributed by atoms with E-state index in [0.717, 1.165) is 0 Å². The van der Waals surface area contributed by atoms with Crippen LogP contribution in [0.25, 0.3) is 11.3 Å². The molecule has 3 rings (SSSR count). The molecule has 1 atom stereocenters. The zero-order chi connectivity index (χ0) is 40.4. The fraction of sp³-hybridized carbons (Fsp3) is 0.474. The molecule has 3 aromatic rings. The molecule has 0 aliphatic rings. The van der Waals surface area contributed by atoms with Gasteiger partial charge >= 0.3 is 18.2 Å². The highest BCUT2D eigenvalue weighted by Crippen LogP contribution is 2.35. The average Bonchev–Trinajstić information content (AvgIpc) is 3.06. The lowest BCUT2D eigenvalue weighted by Gasteiger charge is -2.32. The van der Waals surface area contributed by atoms with Crippen molar-refractivity contribution >= 4 is 18.0 Å². The maximum Gasteiger partial charge on any atom is 0.419 e. The van der Waals surface area contributed by atoms with Crippen LogP contribution < -0.4 is 20.1 Å². The lowest BCUT2D eigenvalue weighted by atomic mass is 9.89. The van der Waals surface area contributed by atoms with E-state index in [4.69, 9.17) is 18.9 Å². The number of rotatable bonds is 13. The molecule has 1 heterocycles. The molecule has 2 amide bonds. The van der Waals surface area contributed by atoms with Gasteiger partial charge in [-0.1, -0.05) is 13.8 Å². The number of ether oxygens (including phenoxy) is 4. The minimum atomic E-state index is -5.25. The molecular weight excluding hydrogens is 702 g/mol. The molecule has 0 bridgehead atoms. The van der Waals surface area contributed by atoms with E-state index in [1.54, 1.807) is 41.5 Å². The number of carbonyl (C=O) groups excluding carboxylic acids is 3. The van der Waals surface area contributed by atoms with Gasteiger partial charge < -0.3 is 34.7 Å². The Balaban J connectivity index is 0.00000477. The van der Waals surface area contributed by atoms with E-state index in [9.17, 15) is 37.1 Å². The van der Waals surface area contributed by atoms with Crippen molar-refractivity contribution in [2.24, 2.45) is 0 Å². The van der Waals surface area contributed by atoms with Gasteiger partial charge in [0, 0.05) is 23.2 Å². The fourth-order valence-corrected chi connectivity index (χ4v) is 4.78. The Morgan fingerprint density at radius 1 is 0.925 bits per heavy atom. The topological polar surface area (TPSA) is 145 Å². The van der Waals surface area contributed by atoms with Crippen molar-refractivity contribution in [3.05, 3.63) is 76.7 Å². The Morgan fingerprint density at radius 3 is 2.15 bits per heavy atom. The van der Waals surface area contributed by atoms with Gasteiger partial charge in [-0.05, 0) is 108 Å². The Morgan fingerprint density at radius 2 is 1.58 bits per heavy atom. The number of amides is 2. The van der Waals surface area contributed by atoms with Gasteiger partial charge in [0.05, 0.1) is 31.5 Å². The number of pyridine rings is 1. The van der Waals surface area contributed by atoms with Crippen LogP contribution in [0.1, 0.15) is 82.6 Å². The first-order valence-electron chi connectivity index (χ1n) is 16.9. The van der Waals surface area contributed by atoms with Crippen molar-refractivity contribution in [1.82, 2.24) is 15.6 Å². The van der Waals surface area contributed by atoms with Crippen LogP contribution in [0.4, 0.5) is 22.4 Å². The molecule has 53 heavy (non-hydrogen) atoms. The smallest absolute Gasteiger partial charge is 0.419 e. The van der Waals surface area contributed by atoms with Crippen LogP contribution in [0.5, 0.6) is 11.5 Å². The molecule has 3 N–H and O–H groups in total. The number of halogens is 4. The maximum atomic E-state index is 14.6. The molecule has 2 aromatic carbocycles. The predicted molar refractivity (Wildman–Crippen MR) is 190 cm³/mol. The number of aryl methyl sites for hydroxylation is 1. The van der Waals surface area contributed by atoms with Crippen molar-refractivity contribution in [2.75, 3.05) is 26.9 Å². The van der Waals surface area contributed by atoms with Crippen LogP contribution in [0.2, 0.25) is 0 Å². The number of carbonyl (C=O) groups is 3. The molecule has 0 radical (unpaired) electrons. The normalized spacial score (nSPS) is 12.7. The zero-order valence-corrected chi connectivity index (χ0v) is 31.7. The van der Waals surface area contributed by atoms with Gasteiger partial charge in [-0.2, -0.15) is 13.2 Å². The zero-order valence-electron chi connectivity index (χ0n) is 31.7. The molecule has 1 unspecified atom stereocenters. The maximum absolute atomic E-state index is 14.6. The number of aliphatic hydroxyl groups is 1. The summed E-state index contributed by atoms with van der Waals surface area (Å²) in [7, 11) is 1.27. The molecular formula is C38H49F4N3O8. The first-order chi connectivity index (χ1) is 24.6. The van der Waals surface area contributed by atoms with Crippen LogP contribution >= 0.6 is 0 Å². The summed E-state index contributed by atoms with van der Waals surface area (Å²) in [5, 5.41) is 15.9. The van der Waals surface area contributed by atoms with Crippen molar-refractivity contribution in [2.45, 2.75) is 91.7 Å². The number of benzene rings is 2. The third-order valence-electron chi connectivity index (χ3n) is 7.49. The highest BCUT2D eigenvalue weighted by molar-refractivity contribution is 5.95. The number of hydrogen-bond acceptors (Lipinski definition) is 9. The first-order valence-corrected chi connectivity index (χ1v) is 16.9. The minimum Gasteiger partial charge on any atom is -0.493 e. The van der Waals surface area contributed by atoms with Gasteiger partial charge in [0.25, 0.3) is 5.91 Å². The molecule has 0 spiro atoms. The lowest BCUT2D eigenvalue weighted by molar-refractivity contribution is -0.256. The molecule has 0 fully saturated rings. The molecule has 1 aromatic heterocycles. The fourth-order valence-electron chi connectivity index (χ4n) is 4.78. The highest BCUT2D eigenvalue weighted by Gasteiger charge is 2.54. The van der Waals surface area contributed by atoms with Crippen LogP contribution in [0, 0.1) is 12.7 Å². The van der Waals surface area contributed by atoms with Crippen molar-refractivity contribution in [1.29, 1.82) is 0 Å². The number of aromatic nitrogens is 1. The van der Waals surface area contributed by atoms with Gasteiger partial charge in [-0.25, -0.2) is 14.0 Å². The summed E-state index contributed by atoms with van der Waals surface area (Å²) in [6, 6.07) is 10.6. The van der Waals surface area contributed by atoms with E-state index in [1.165, 1.54) is 62.6 Å². The summed E-state index contributed by atoms with van der Waals surface area (Å²) < 4.78 is 78.6. The van der Waals surface area contributed by atoms with Gasteiger partial charge in [0.1, 0.15) is 11.4 Å². The van der Waals surface area contributed by atoms with E-state index in [0.29, 0.717) is 11.1 Å². The van der Waals surface area contributed by atoms with Crippen LogP contribution in [-0.4, -0.2) is 72.3 Å². The summed E-state index contributed by atoms with van der Waals surface area (Å²) in [6.45, 7) is 13.8. The summed E-state index contributed by atoms with van der Waals surface area (Å²) >= 11 is 0. The standard InChI is InChI=1S/C36H43F4N3O8.C2H6/c1-9-49-30(44)19-50-28-13-11-23(15-29(28)48-8)31(45)41-20-35(47,36(38,39)40)18-25-16-24(34(6,7)43-32(46)51-33(3,4)5)17-27(42-25)22-10-12-26(37)21(2)14-22;1-2/h10-17,47H,9,18-20H2,1-8H3,(H,41,45)(H,43,46);1-2H3. The lowest BCUT2D eigenvalue weighted by Crippen LogP contribution is -2.55. The van der Waals surface area contributed by atoms with Gasteiger partial charge in [-0.3, -0.25) is 9.78 Å². The third-order valence-corrected chi connectivity index (χ3v) is 7.49. The molecule has 0 aliphatic carbocycles. The van der Waals surface area contributed by atoms with E-state index >= 15 is 0 Å². The number of hydrogen-bond donors (Lipinski definition) is 3. The summed E-state index contributed by atoms with van der Waals surface area (Å²) in [5.41, 5.74) is -4.84. The number of esters is 1. The molecule has 0 saturated heterocycles. The van der Waals surface area contributed by atoms with E-state index in [-0.39, 0.29) is 40.6 Å². The number of alkyl carbamates (subject to hydrolysis) is 1.